The molecule has 2 unspecified atom stereocenters. The van der Waals surface area contributed by atoms with Crippen LogP contribution in [0.15, 0.2) is 24.3 Å². The van der Waals surface area contributed by atoms with Crippen molar-refractivity contribution >= 4 is 24.0 Å². The van der Waals surface area contributed by atoms with Crippen LogP contribution in [0.25, 0.3) is 0 Å². The molecule has 1 aromatic carbocycles. The van der Waals surface area contributed by atoms with Gasteiger partial charge in [-0.05, 0) is 11.1 Å². The van der Waals surface area contributed by atoms with E-state index in [2.05, 4.69) is 0 Å². The molecule has 14 heavy (non-hydrogen) atoms. The Morgan fingerprint density at radius 2 is 2.00 bits per heavy atom. The normalized spacial score (nSPS) is 25.0. The Labute approximate surface area is 94.8 Å². The van der Waals surface area contributed by atoms with Crippen LogP contribution < -0.4 is 5.73 Å². The van der Waals surface area contributed by atoms with Gasteiger partial charge in [0.15, 0.2) is 0 Å². The van der Waals surface area contributed by atoms with E-state index < -0.39 is 0 Å². The van der Waals surface area contributed by atoms with Crippen molar-refractivity contribution in [2.45, 2.75) is 12.1 Å². The van der Waals surface area contributed by atoms with Crippen molar-refractivity contribution in [3.05, 3.63) is 35.4 Å². The van der Waals surface area contributed by atoms with Gasteiger partial charge >= 0.3 is 0 Å². The van der Waals surface area contributed by atoms with Crippen LogP contribution in [0.3, 0.4) is 0 Å². The molecular weight excluding hydrogens is 221 g/mol. The molecule has 4 heteroatoms. The molecule has 0 aliphatic carbocycles. The molecule has 0 aromatic heterocycles. The fourth-order valence-electron chi connectivity index (χ4n) is 1.67. The van der Waals surface area contributed by atoms with Gasteiger partial charge in [0.25, 0.3) is 0 Å². The van der Waals surface area contributed by atoms with Gasteiger partial charge in [0.1, 0.15) is 0 Å². The summed E-state index contributed by atoms with van der Waals surface area (Å²) in [6.07, 6.45) is 0.0117. The number of fused-ring (bicyclic) bond motifs is 1. The van der Waals surface area contributed by atoms with Crippen LogP contribution in [0, 0.1) is 0 Å². The van der Waals surface area contributed by atoms with Gasteiger partial charge in [-0.15, -0.1) is 24.0 Å². The average Bonchev–Trinajstić information content (AvgIpc) is 2.19. The number of nitrogens with two attached hydrogens (primary N) is 1. The number of rotatable bonds is 1. The second-order valence-electron chi connectivity index (χ2n) is 3.21. The second kappa shape index (κ2) is 4.99. The van der Waals surface area contributed by atoms with Crippen LogP contribution in [0.4, 0.5) is 0 Å². The molecule has 0 amide bonds. The molecule has 1 aliphatic rings. The van der Waals surface area contributed by atoms with Gasteiger partial charge in [0.2, 0.25) is 0 Å². The van der Waals surface area contributed by atoms with Crippen molar-refractivity contribution < 1.29 is 4.74 Å². The number of benzene rings is 1. The lowest BCUT2D eigenvalue weighted by atomic mass is 9.95. The molecule has 0 spiro atoms. The molecule has 0 saturated carbocycles. The molecule has 2 atom stereocenters. The molecule has 0 bridgehead atoms. The summed E-state index contributed by atoms with van der Waals surface area (Å²) >= 11 is 5.79. The molecule has 2 rings (SSSR count). The zero-order chi connectivity index (χ0) is 9.26. The summed E-state index contributed by atoms with van der Waals surface area (Å²) in [5.74, 6) is 0.490. The summed E-state index contributed by atoms with van der Waals surface area (Å²) in [5, 5.41) is 0. The van der Waals surface area contributed by atoms with Gasteiger partial charge < -0.3 is 10.5 Å². The van der Waals surface area contributed by atoms with E-state index in [1.807, 2.05) is 24.3 Å². The van der Waals surface area contributed by atoms with E-state index in [1.165, 1.54) is 5.56 Å². The molecule has 0 fully saturated rings. The maximum Gasteiger partial charge on any atom is 0.0964 e. The predicted molar refractivity (Wildman–Crippen MR) is 60.0 cm³/mol. The Hall–Kier alpha value is -0.280. The van der Waals surface area contributed by atoms with Crippen molar-refractivity contribution in [2.75, 3.05) is 12.5 Å². The third-order valence-electron chi connectivity index (χ3n) is 2.36. The van der Waals surface area contributed by atoms with Crippen LogP contribution in [0.2, 0.25) is 0 Å². The van der Waals surface area contributed by atoms with Crippen LogP contribution in [-0.2, 0) is 4.74 Å². The highest BCUT2D eigenvalue weighted by atomic mass is 35.5. The van der Waals surface area contributed by atoms with Crippen molar-refractivity contribution in [1.29, 1.82) is 0 Å². The Bertz CT molecular complexity index is 306. The third kappa shape index (κ3) is 2.04. The minimum absolute atomic E-state index is 0. The molecular formula is C10H13Cl2NO. The van der Waals surface area contributed by atoms with E-state index in [4.69, 9.17) is 22.1 Å². The third-order valence-corrected chi connectivity index (χ3v) is 2.64. The average molecular weight is 234 g/mol. The SMILES string of the molecule is Cl.NC1COC(CCl)c2ccccc21. The van der Waals surface area contributed by atoms with Crippen molar-refractivity contribution in [3.63, 3.8) is 0 Å². The van der Waals surface area contributed by atoms with Crippen LogP contribution in [0.1, 0.15) is 23.3 Å². The van der Waals surface area contributed by atoms with Crippen LogP contribution in [0.5, 0.6) is 0 Å². The van der Waals surface area contributed by atoms with Crippen molar-refractivity contribution in [1.82, 2.24) is 0 Å². The summed E-state index contributed by atoms with van der Waals surface area (Å²) in [4.78, 5) is 0. The van der Waals surface area contributed by atoms with Crippen LogP contribution in [-0.4, -0.2) is 12.5 Å². The minimum Gasteiger partial charge on any atom is -0.370 e. The second-order valence-corrected chi connectivity index (χ2v) is 3.52. The maximum absolute atomic E-state index is 5.90. The number of halogens is 2. The zero-order valence-electron chi connectivity index (χ0n) is 7.65. The first-order valence-electron chi connectivity index (χ1n) is 4.35. The van der Waals surface area contributed by atoms with Crippen molar-refractivity contribution in [3.8, 4) is 0 Å². The molecule has 0 saturated heterocycles. The summed E-state index contributed by atoms with van der Waals surface area (Å²) < 4.78 is 5.51. The predicted octanol–water partition coefficient (Wildman–Crippen LogP) is 2.42. The van der Waals surface area contributed by atoms with Crippen molar-refractivity contribution in [2.24, 2.45) is 5.73 Å². The lowest BCUT2D eigenvalue weighted by Gasteiger charge is -2.28. The molecule has 78 valence electrons. The van der Waals surface area contributed by atoms with Gasteiger partial charge in [-0.25, -0.2) is 0 Å². The molecule has 0 radical (unpaired) electrons. The molecule has 2 N–H and O–H groups in total. The highest BCUT2D eigenvalue weighted by Crippen LogP contribution is 2.31. The molecule has 2 nitrogen and oxygen atoms in total. The summed E-state index contributed by atoms with van der Waals surface area (Å²) in [6, 6.07) is 8.05. The lowest BCUT2D eigenvalue weighted by molar-refractivity contribution is 0.0430. The highest BCUT2D eigenvalue weighted by molar-refractivity contribution is 6.18. The monoisotopic (exact) mass is 233 g/mol. The van der Waals surface area contributed by atoms with E-state index in [0.29, 0.717) is 12.5 Å². The number of hydrogen-bond acceptors (Lipinski definition) is 2. The van der Waals surface area contributed by atoms with Crippen LogP contribution >= 0.6 is 24.0 Å². The maximum atomic E-state index is 5.90. The van der Waals surface area contributed by atoms with E-state index in [9.17, 15) is 0 Å². The smallest absolute Gasteiger partial charge is 0.0964 e. The highest BCUT2D eigenvalue weighted by Gasteiger charge is 2.24. The Balaban J connectivity index is 0.000000980. The number of ether oxygens (including phenoxy) is 1. The summed E-state index contributed by atoms with van der Waals surface area (Å²) in [6.45, 7) is 0.564. The van der Waals surface area contributed by atoms with Gasteiger partial charge in [-0.1, -0.05) is 24.3 Å². The largest absolute Gasteiger partial charge is 0.370 e. The van der Waals surface area contributed by atoms with Gasteiger partial charge in [0.05, 0.1) is 24.6 Å². The lowest BCUT2D eigenvalue weighted by Crippen LogP contribution is -2.27. The van der Waals surface area contributed by atoms with E-state index in [1.54, 1.807) is 0 Å². The van der Waals surface area contributed by atoms with Gasteiger partial charge in [-0.3, -0.25) is 0 Å². The van der Waals surface area contributed by atoms with E-state index >= 15 is 0 Å². The fourth-order valence-corrected chi connectivity index (χ4v) is 1.92. The first kappa shape index (κ1) is 11.8. The van der Waals surface area contributed by atoms with E-state index in [-0.39, 0.29) is 24.6 Å². The minimum atomic E-state index is -0.00401. The molecule has 1 aliphatic heterocycles. The summed E-state index contributed by atoms with van der Waals surface area (Å²) in [5.41, 5.74) is 8.20. The molecule has 1 heterocycles. The van der Waals surface area contributed by atoms with E-state index in [0.717, 1.165) is 5.56 Å². The quantitative estimate of drug-likeness (QED) is 0.757. The Morgan fingerprint density at radius 1 is 1.36 bits per heavy atom. The first-order valence-corrected chi connectivity index (χ1v) is 4.88. The topological polar surface area (TPSA) is 35.2 Å². The Morgan fingerprint density at radius 3 is 2.64 bits per heavy atom. The van der Waals surface area contributed by atoms with Gasteiger partial charge in [-0.2, -0.15) is 0 Å². The fraction of sp³-hybridized carbons (Fsp3) is 0.400. The zero-order valence-corrected chi connectivity index (χ0v) is 9.22. The number of alkyl halides is 1. The molecule has 1 aromatic rings. The van der Waals surface area contributed by atoms with Gasteiger partial charge in [0, 0.05) is 0 Å². The standard InChI is InChI=1S/C10H12ClNO.ClH/c11-5-10-8-4-2-1-3-7(8)9(12)6-13-10;/h1-4,9-10H,5-6,12H2;1H. The first-order chi connectivity index (χ1) is 6.33. The number of hydrogen-bond donors (Lipinski definition) is 1. The Kier molecular flexibility index (Phi) is 4.20. The summed E-state index contributed by atoms with van der Waals surface area (Å²) in [7, 11) is 0.